The van der Waals surface area contributed by atoms with E-state index in [0.717, 1.165) is 16.4 Å². The third-order valence-corrected chi connectivity index (χ3v) is 4.56. The summed E-state index contributed by atoms with van der Waals surface area (Å²) in [5.74, 6) is 0.775. The largest absolute Gasteiger partial charge is 0.353 e. The molecular formula is C16H22N4OS. The number of carbonyl (C=O) groups excluding carboxylic acids is 1. The van der Waals surface area contributed by atoms with Crippen LogP contribution in [0.4, 0.5) is 0 Å². The molecule has 0 fully saturated rings. The summed E-state index contributed by atoms with van der Waals surface area (Å²) < 4.78 is 1.92. The van der Waals surface area contributed by atoms with Crippen molar-refractivity contribution >= 4 is 17.7 Å². The van der Waals surface area contributed by atoms with Crippen molar-refractivity contribution in [2.45, 2.75) is 38.9 Å². The molecule has 1 aromatic carbocycles. The van der Waals surface area contributed by atoms with Crippen LogP contribution in [0.25, 0.3) is 5.69 Å². The molecule has 0 bridgehead atoms. The first-order valence-corrected chi connectivity index (χ1v) is 8.35. The van der Waals surface area contributed by atoms with E-state index in [1.807, 2.05) is 42.7 Å². The van der Waals surface area contributed by atoms with Crippen LogP contribution in [0.1, 0.15) is 26.3 Å². The summed E-state index contributed by atoms with van der Waals surface area (Å²) in [5.41, 5.74) is 2.17. The van der Waals surface area contributed by atoms with Crippen molar-refractivity contribution in [2.75, 3.05) is 5.75 Å². The highest BCUT2D eigenvalue weighted by Crippen LogP contribution is 2.21. The zero-order chi connectivity index (χ0) is 16.1. The van der Waals surface area contributed by atoms with E-state index in [0.29, 0.717) is 11.7 Å². The Morgan fingerprint density at radius 2 is 2.05 bits per heavy atom. The van der Waals surface area contributed by atoms with Crippen LogP contribution in [-0.2, 0) is 4.79 Å². The Morgan fingerprint density at radius 1 is 1.32 bits per heavy atom. The van der Waals surface area contributed by atoms with Crippen LogP contribution in [0, 0.1) is 12.8 Å². The van der Waals surface area contributed by atoms with E-state index < -0.39 is 0 Å². The molecule has 6 heteroatoms. The Hall–Kier alpha value is -1.82. The van der Waals surface area contributed by atoms with Gasteiger partial charge in [0, 0.05) is 6.04 Å². The van der Waals surface area contributed by atoms with Crippen molar-refractivity contribution in [3.8, 4) is 5.69 Å². The Labute approximate surface area is 135 Å². The summed E-state index contributed by atoms with van der Waals surface area (Å²) in [6.45, 7) is 8.24. The van der Waals surface area contributed by atoms with E-state index >= 15 is 0 Å². The topological polar surface area (TPSA) is 59.8 Å². The number of hydrogen-bond acceptors (Lipinski definition) is 4. The highest BCUT2D eigenvalue weighted by Gasteiger charge is 2.14. The van der Waals surface area contributed by atoms with Gasteiger partial charge in [0.15, 0.2) is 5.16 Å². The van der Waals surface area contributed by atoms with E-state index in [9.17, 15) is 4.79 Å². The molecule has 1 amide bonds. The molecule has 0 saturated carbocycles. The Kier molecular flexibility index (Phi) is 5.60. The maximum absolute atomic E-state index is 12.0. The SMILES string of the molecule is Cc1ccccc1-n1cnnc1SCC(=O)N[C@@H](C)C(C)C. The summed E-state index contributed by atoms with van der Waals surface area (Å²) in [5, 5.41) is 11.8. The second-order valence-corrected chi connectivity index (χ2v) is 6.60. The molecule has 0 spiro atoms. The van der Waals surface area contributed by atoms with Crippen LogP contribution in [0.2, 0.25) is 0 Å². The molecule has 1 N–H and O–H groups in total. The number of aryl methyl sites for hydroxylation is 1. The number of para-hydroxylation sites is 1. The number of aromatic nitrogens is 3. The van der Waals surface area contributed by atoms with Crippen molar-refractivity contribution in [1.29, 1.82) is 0 Å². The monoisotopic (exact) mass is 318 g/mol. The van der Waals surface area contributed by atoms with E-state index in [1.165, 1.54) is 11.8 Å². The second-order valence-electron chi connectivity index (χ2n) is 5.66. The minimum absolute atomic E-state index is 0.0190. The van der Waals surface area contributed by atoms with Crippen LogP contribution in [-0.4, -0.2) is 32.5 Å². The average Bonchev–Trinajstić information content (AvgIpc) is 2.93. The molecule has 2 aromatic rings. The summed E-state index contributed by atoms with van der Waals surface area (Å²) in [7, 11) is 0. The molecule has 0 aliphatic carbocycles. The van der Waals surface area contributed by atoms with E-state index in [1.54, 1.807) is 6.33 Å². The van der Waals surface area contributed by atoms with Gasteiger partial charge < -0.3 is 5.32 Å². The lowest BCUT2D eigenvalue weighted by molar-refractivity contribution is -0.119. The summed E-state index contributed by atoms with van der Waals surface area (Å²) in [6.07, 6.45) is 1.68. The molecule has 1 atom stereocenters. The van der Waals surface area contributed by atoms with E-state index in [2.05, 4.69) is 29.4 Å². The number of nitrogens with zero attached hydrogens (tertiary/aromatic N) is 3. The van der Waals surface area contributed by atoms with Crippen molar-refractivity contribution in [3.63, 3.8) is 0 Å². The highest BCUT2D eigenvalue weighted by molar-refractivity contribution is 7.99. The maximum atomic E-state index is 12.0. The van der Waals surface area contributed by atoms with Crippen molar-refractivity contribution in [3.05, 3.63) is 36.2 Å². The van der Waals surface area contributed by atoms with Crippen LogP contribution in [0.3, 0.4) is 0 Å². The fourth-order valence-electron chi connectivity index (χ4n) is 1.91. The minimum atomic E-state index is 0.0190. The lowest BCUT2D eigenvalue weighted by Gasteiger charge is -2.17. The molecule has 0 saturated heterocycles. The molecular weight excluding hydrogens is 296 g/mol. The van der Waals surface area contributed by atoms with Gasteiger partial charge in [-0.25, -0.2) is 0 Å². The van der Waals surface area contributed by atoms with Gasteiger partial charge in [0.1, 0.15) is 6.33 Å². The molecule has 2 rings (SSSR count). The number of amides is 1. The first-order chi connectivity index (χ1) is 10.5. The van der Waals surface area contributed by atoms with Gasteiger partial charge in [-0.15, -0.1) is 10.2 Å². The molecule has 0 aliphatic rings. The zero-order valence-corrected chi connectivity index (χ0v) is 14.2. The van der Waals surface area contributed by atoms with Gasteiger partial charge in [-0.05, 0) is 31.4 Å². The predicted octanol–water partition coefficient (Wildman–Crippen LogP) is 2.83. The highest BCUT2D eigenvalue weighted by atomic mass is 32.2. The van der Waals surface area contributed by atoms with Gasteiger partial charge in [0.25, 0.3) is 0 Å². The molecule has 0 radical (unpaired) electrons. The minimum Gasteiger partial charge on any atom is -0.353 e. The molecule has 118 valence electrons. The zero-order valence-electron chi connectivity index (χ0n) is 13.4. The molecule has 0 aliphatic heterocycles. The van der Waals surface area contributed by atoms with Crippen LogP contribution >= 0.6 is 11.8 Å². The fourth-order valence-corrected chi connectivity index (χ4v) is 2.65. The van der Waals surface area contributed by atoms with Crippen molar-refractivity contribution < 1.29 is 4.79 Å². The van der Waals surface area contributed by atoms with Gasteiger partial charge in [0.2, 0.25) is 5.91 Å². The predicted molar refractivity (Wildman–Crippen MR) is 89.3 cm³/mol. The number of nitrogens with one attached hydrogen (secondary N) is 1. The average molecular weight is 318 g/mol. The molecule has 22 heavy (non-hydrogen) atoms. The quantitative estimate of drug-likeness (QED) is 0.832. The van der Waals surface area contributed by atoms with Gasteiger partial charge in [-0.2, -0.15) is 0 Å². The van der Waals surface area contributed by atoms with Crippen LogP contribution < -0.4 is 5.32 Å². The fraction of sp³-hybridized carbons (Fsp3) is 0.438. The Bertz CT molecular complexity index is 639. The van der Waals surface area contributed by atoms with E-state index in [-0.39, 0.29) is 11.9 Å². The number of hydrogen-bond donors (Lipinski definition) is 1. The normalized spacial score (nSPS) is 12.4. The Morgan fingerprint density at radius 3 is 2.73 bits per heavy atom. The summed E-state index contributed by atoms with van der Waals surface area (Å²) >= 11 is 1.40. The summed E-state index contributed by atoms with van der Waals surface area (Å²) in [6, 6.07) is 8.21. The third kappa shape index (κ3) is 4.10. The maximum Gasteiger partial charge on any atom is 0.230 e. The second kappa shape index (κ2) is 7.45. The number of carbonyl (C=O) groups is 1. The molecule has 0 unspecified atom stereocenters. The number of rotatable bonds is 6. The lowest BCUT2D eigenvalue weighted by atomic mass is 10.1. The smallest absolute Gasteiger partial charge is 0.230 e. The summed E-state index contributed by atoms with van der Waals surface area (Å²) in [4.78, 5) is 12.0. The standard InChI is InChI=1S/C16H22N4OS/c1-11(2)13(4)18-15(21)9-22-16-19-17-10-20(16)14-8-6-5-7-12(14)3/h5-8,10-11,13H,9H2,1-4H3,(H,18,21)/t13-/m0/s1. The number of thioether (sulfide) groups is 1. The van der Waals surface area contributed by atoms with Crippen LogP contribution in [0.5, 0.6) is 0 Å². The lowest BCUT2D eigenvalue weighted by Crippen LogP contribution is -2.37. The van der Waals surface area contributed by atoms with Gasteiger partial charge >= 0.3 is 0 Å². The van der Waals surface area contributed by atoms with Gasteiger partial charge in [-0.1, -0.05) is 43.8 Å². The van der Waals surface area contributed by atoms with Crippen molar-refractivity contribution in [1.82, 2.24) is 20.1 Å². The first kappa shape index (κ1) is 16.5. The van der Waals surface area contributed by atoms with Gasteiger partial charge in [-0.3, -0.25) is 9.36 Å². The first-order valence-electron chi connectivity index (χ1n) is 7.37. The molecule has 1 aromatic heterocycles. The number of benzene rings is 1. The van der Waals surface area contributed by atoms with Crippen molar-refractivity contribution in [2.24, 2.45) is 5.92 Å². The van der Waals surface area contributed by atoms with Crippen LogP contribution in [0.15, 0.2) is 35.7 Å². The molecule has 5 nitrogen and oxygen atoms in total. The van der Waals surface area contributed by atoms with Gasteiger partial charge in [0.05, 0.1) is 11.4 Å². The van der Waals surface area contributed by atoms with E-state index in [4.69, 9.17) is 0 Å². The Balaban J connectivity index is 2.02. The third-order valence-electron chi connectivity index (χ3n) is 3.61. The molecule has 1 heterocycles.